The maximum absolute atomic E-state index is 12.6. The summed E-state index contributed by atoms with van der Waals surface area (Å²) >= 11 is 10.7. The van der Waals surface area contributed by atoms with Crippen LogP contribution in [0, 0.1) is 13.5 Å². The smallest absolute Gasteiger partial charge is 0.347 e. The fraction of sp³-hybridized carbons (Fsp3) is 0.0526. The molecule has 0 N–H and O–H groups in total. The van der Waals surface area contributed by atoms with E-state index in [-0.39, 0.29) is 5.89 Å². The van der Waals surface area contributed by atoms with Crippen LogP contribution < -0.4 is 5.63 Å². The second-order valence-corrected chi connectivity index (χ2v) is 7.88. The van der Waals surface area contributed by atoms with E-state index >= 15 is 0 Å². The minimum atomic E-state index is -0.497. The number of pyridine rings is 1. The first kappa shape index (κ1) is 18.7. The van der Waals surface area contributed by atoms with Crippen molar-refractivity contribution < 1.29 is 4.42 Å². The molecule has 1 aromatic carbocycles. The second kappa shape index (κ2) is 7.43. The third kappa shape index (κ3) is 3.22. The molecule has 0 radical (unpaired) electrons. The summed E-state index contributed by atoms with van der Waals surface area (Å²) in [7, 11) is 0. The molecule has 0 aliphatic carbocycles. The van der Waals surface area contributed by atoms with E-state index in [1.54, 1.807) is 41.1 Å². The summed E-state index contributed by atoms with van der Waals surface area (Å²) in [6, 6.07) is 10.5. The van der Waals surface area contributed by atoms with Gasteiger partial charge in [0.1, 0.15) is 5.69 Å². The number of rotatable bonds is 3. The van der Waals surface area contributed by atoms with Crippen LogP contribution in [0.15, 0.2) is 61.3 Å². The molecule has 6 nitrogen and oxygen atoms in total. The van der Waals surface area contributed by atoms with E-state index in [1.807, 2.05) is 13.0 Å². The Balaban J connectivity index is 2.02. The monoisotopic (exact) mass is 472 g/mol. The van der Waals surface area contributed by atoms with Gasteiger partial charge in [0, 0.05) is 10.7 Å². The Morgan fingerprint density at radius 3 is 2.89 bits per heavy atom. The van der Waals surface area contributed by atoms with E-state index in [2.05, 4.69) is 30.1 Å². The number of aromatic nitrogens is 3. The molecule has 0 spiro atoms. The number of nitrogens with zero attached hydrogens (tertiary/aromatic N) is 4. The summed E-state index contributed by atoms with van der Waals surface area (Å²) < 4.78 is 11.2. The van der Waals surface area contributed by atoms with Gasteiger partial charge < -0.3 is 4.42 Å². The van der Waals surface area contributed by atoms with Gasteiger partial charge in [-0.05, 0) is 64.8 Å². The molecule has 3 aromatic heterocycles. The summed E-state index contributed by atoms with van der Waals surface area (Å²) in [6.45, 7) is 9.07. The Labute approximate surface area is 177 Å². The average molecular weight is 474 g/mol. The molecule has 4 rings (SSSR count). The highest BCUT2D eigenvalue weighted by atomic mass is 79.9. The molecular weight excluding hydrogens is 464 g/mol. The molecule has 0 saturated carbocycles. The Bertz CT molecular complexity index is 1330. The van der Waals surface area contributed by atoms with Crippen LogP contribution >= 0.6 is 39.5 Å². The zero-order chi connectivity index (χ0) is 19.8. The molecule has 138 valence electrons. The quantitative estimate of drug-likeness (QED) is 0.282. The Kier molecular flexibility index (Phi) is 4.98. The highest BCUT2D eigenvalue weighted by Crippen LogP contribution is 2.34. The van der Waals surface area contributed by atoms with Gasteiger partial charge in [-0.25, -0.2) is 25.6 Å². The molecule has 0 atom stereocenters. The van der Waals surface area contributed by atoms with E-state index < -0.39 is 5.63 Å². The van der Waals surface area contributed by atoms with Crippen LogP contribution in [0.25, 0.3) is 32.6 Å². The molecule has 9 heteroatoms. The normalized spacial score (nSPS) is 10.9. The van der Waals surface area contributed by atoms with Gasteiger partial charge in [-0.1, -0.05) is 11.6 Å². The van der Waals surface area contributed by atoms with E-state index in [0.29, 0.717) is 36.9 Å². The molecule has 0 aliphatic rings. The van der Waals surface area contributed by atoms with Crippen LogP contribution in [0.2, 0.25) is 5.02 Å². The van der Waals surface area contributed by atoms with Gasteiger partial charge in [-0.2, -0.15) is 0 Å². The van der Waals surface area contributed by atoms with Gasteiger partial charge in [0.2, 0.25) is 5.89 Å². The van der Waals surface area contributed by atoms with Crippen molar-refractivity contribution in [1.29, 1.82) is 0 Å². The van der Waals surface area contributed by atoms with Crippen LogP contribution in [0.3, 0.4) is 0 Å². The predicted molar refractivity (Wildman–Crippen MR) is 113 cm³/mol. The molecule has 0 unspecified atom stereocenters. The number of halogens is 2. The average Bonchev–Trinajstić information content (AvgIpc) is 3.06. The summed E-state index contributed by atoms with van der Waals surface area (Å²) in [4.78, 5) is 21.5. The van der Waals surface area contributed by atoms with E-state index in [1.165, 1.54) is 0 Å². The largest absolute Gasteiger partial charge is 0.401 e. The number of hydrogen-bond acceptors (Lipinski definition) is 5. The van der Waals surface area contributed by atoms with Gasteiger partial charge in [0.15, 0.2) is 10.8 Å². The fourth-order valence-electron chi connectivity index (χ4n) is 2.84. The SMILES string of the molecule is [C-]#[N+]Sc1ccc(-c2nc3c(Br)cc(C)cc3c(=O)o2)n1-c1ncccc1Cl. The van der Waals surface area contributed by atoms with Crippen molar-refractivity contribution in [3.8, 4) is 17.4 Å². The van der Waals surface area contributed by atoms with E-state index in [0.717, 1.165) is 17.5 Å². The van der Waals surface area contributed by atoms with Crippen molar-refractivity contribution in [2.45, 2.75) is 11.9 Å². The fourth-order valence-corrected chi connectivity index (χ4v) is 4.20. The van der Waals surface area contributed by atoms with Crippen molar-refractivity contribution >= 4 is 50.4 Å². The van der Waals surface area contributed by atoms with Gasteiger partial charge >= 0.3 is 17.6 Å². The van der Waals surface area contributed by atoms with Crippen molar-refractivity contribution in [3.05, 3.63) is 78.9 Å². The minimum Gasteiger partial charge on any atom is -0.401 e. The molecule has 0 aliphatic heterocycles. The minimum absolute atomic E-state index is 0.112. The molecule has 0 amide bonds. The number of fused-ring (bicyclic) bond motifs is 1. The van der Waals surface area contributed by atoms with Crippen LogP contribution in [0.4, 0.5) is 0 Å². The molecule has 0 saturated heterocycles. The zero-order valence-corrected chi connectivity index (χ0v) is 17.5. The van der Waals surface area contributed by atoms with Gasteiger partial charge in [-0.3, -0.25) is 4.57 Å². The van der Waals surface area contributed by atoms with Gasteiger partial charge in [-0.15, -0.1) is 0 Å². The molecule has 0 bridgehead atoms. The first-order valence-electron chi connectivity index (χ1n) is 7.97. The summed E-state index contributed by atoms with van der Waals surface area (Å²) in [5.41, 5.74) is 1.39. The topological polar surface area (TPSA) is 65.3 Å². The lowest BCUT2D eigenvalue weighted by molar-refractivity contribution is 0.514. The number of hydrogen-bond donors (Lipinski definition) is 0. The molecule has 0 fully saturated rings. The lowest BCUT2D eigenvalue weighted by Crippen LogP contribution is -2.07. The second-order valence-electron chi connectivity index (χ2n) is 5.83. The van der Waals surface area contributed by atoms with Crippen LogP contribution in [0.1, 0.15) is 5.56 Å². The first-order chi connectivity index (χ1) is 13.5. The van der Waals surface area contributed by atoms with Crippen molar-refractivity contribution in [2.75, 3.05) is 0 Å². The summed E-state index contributed by atoms with van der Waals surface area (Å²) in [5.74, 6) is 0.531. The van der Waals surface area contributed by atoms with E-state index in [4.69, 9.17) is 22.6 Å². The highest BCUT2D eigenvalue weighted by Gasteiger charge is 2.22. The number of aryl methyl sites for hydroxylation is 1. The molecular formula is C19H10BrClN4O2S. The Hall–Kier alpha value is -2.60. The van der Waals surface area contributed by atoms with Crippen LogP contribution in [-0.4, -0.2) is 14.5 Å². The van der Waals surface area contributed by atoms with Gasteiger partial charge in [0.25, 0.3) is 0 Å². The summed E-state index contributed by atoms with van der Waals surface area (Å²) in [6.07, 6.45) is 1.60. The molecule has 28 heavy (non-hydrogen) atoms. The van der Waals surface area contributed by atoms with Crippen molar-refractivity contribution in [3.63, 3.8) is 0 Å². The lowest BCUT2D eigenvalue weighted by Gasteiger charge is -2.10. The highest BCUT2D eigenvalue weighted by molar-refractivity contribution is 9.10. The van der Waals surface area contributed by atoms with E-state index in [9.17, 15) is 4.79 Å². The van der Waals surface area contributed by atoms with Crippen LogP contribution in [-0.2, 0) is 0 Å². The van der Waals surface area contributed by atoms with Crippen LogP contribution in [0.5, 0.6) is 0 Å². The Morgan fingerprint density at radius 2 is 2.14 bits per heavy atom. The Morgan fingerprint density at radius 1 is 1.32 bits per heavy atom. The third-order valence-corrected chi connectivity index (χ3v) is 5.48. The maximum Gasteiger partial charge on any atom is 0.347 e. The molecule has 3 heterocycles. The standard InChI is InChI=1S/C19H10BrClN4O2S/c1-10-8-11-16(12(20)9-10)24-18(27-19(11)26)14-5-6-15(28-22-2)25(14)17-13(21)4-3-7-23-17/h3-9H,1H3. The first-order valence-corrected chi connectivity index (χ1v) is 9.92. The predicted octanol–water partition coefficient (Wildman–Crippen LogP) is 5.69. The third-order valence-electron chi connectivity index (χ3n) is 3.98. The summed E-state index contributed by atoms with van der Waals surface area (Å²) in [5, 5.41) is 1.37. The number of benzene rings is 1. The molecule has 4 aromatic rings. The zero-order valence-electron chi connectivity index (χ0n) is 14.3. The van der Waals surface area contributed by atoms with Crippen molar-refractivity contribution in [1.82, 2.24) is 14.5 Å². The van der Waals surface area contributed by atoms with Gasteiger partial charge in [0.05, 0.1) is 15.9 Å². The van der Waals surface area contributed by atoms with Crippen molar-refractivity contribution in [2.24, 2.45) is 0 Å². The maximum atomic E-state index is 12.6. The lowest BCUT2D eigenvalue weighted by atomic mass is 10.2.